The molecule has 2 aliphatic heterocycles. The first-order valence-corrected chi connectivity index (χ1v) is 9.02. The minimum atomic E-state index is -0.0540. The second-order valence-electron chi connectivity index (χ2n) is 6.44. The Hall–Kier alpha value is -2.10. The van der Waals surface area contributed by atoms with Crippen molar-refractivity contribution in [3.05, 3.63) is 29.8 Å². The SMILES string of the molecule is N#Cc1ccccc1OCCN1CCCC[C@@H]1C(=O)N1CCOCC1. The summed E-state index contributed by atoms with van der Waals surface area (Å²) in [5.74, 6) is 0.832. The molecule has 1 atom stereocenters. The van der Waals surface area contributed by atoms with E-state index in [1.165, 1.54) is 0 Å². The third-order valence-electron chi connectivity index (χ3n) is 4.87. The standard InChI is InChI=1S/C19H25N3O3/c20-15-16-5-1-2-7-18(16)25-14-11-21-8-4-3-6-17(21)19(23)22-9-12-24-13-10-22/h1-2,5,7,17H,3-4,6,8-14H2/t17-/m1/s1. The van der Waals surface area contributed by atoms with Gasteiger partial charge in [-0.1, -0.05) is 18.6 Å². The number of benzene rings is 1. The van der Waals surface area contributed by atoms with E-state index < -0.39 is 0 Å². The molecule has 0 radical (unpaired) electrons. The molecule has 134 valence electrons. The van der Waals surface area contributed by atoms with Crippen molar-refractivity contribution in [2.75, 3.05) is 46.0 Å². The van der Waals surface area contributed by atoms with E-state index in [1.54, 1.807) is 6.07 Å². The molecule has 0 unspecified atom stereocenters. The zero-order chi connectivity index (χ0) is 17.5. The molecule has 0 spiro atoms. The second-order valence-corrected chi connectivity index (χ2v) is 6.44. The van der Waals surface area contributed by atoms with Crippen LogP contribution in [0, 0.1) is 11.3 Å². The molecular weight excluding hydrogens is 318 g/mol. The summed E-state index contributed by atoms with van der Waals surface area (Å²) >= 11 is 0. The Labute approximate surface area is 148 Å². The fourth-order valence-corrected chi connectivity index (χ4v) is 3.49. The van der Waals surface area contributed by atoms with Crippen LogP contribution < -0.4 is 4.74 Å². The van der Waals surface area contributed by atoms with Crippen molar-refractivity contribution >= 4 is 5.91 Å². The minimum Gasteiger partial charge on any atom is -0.491 e. The first-order chi connectivity index (χ1) is 12.3. The molecule has 3 rings (SSSR count). The van der Waals surface area contributed by atoms with Gasteiger partial charge in [0.15, 0.2) is 0 Å². The summed E-state index contributed by atoms with van der Waals surface area (Å²) in [5, 5.41) is 9.12. The maximum Gasteiger partial charge on any atom is 0.240 e. The van der Waals surface area contributed by atoms with Gasteiger partial charge in [-0.3, -0.25) is 9.69 Å². The molecule has 0 aromatic heterocycles. The number of morpholine rings is 1. The van der Waals surface area contributed by atoms with Crippen LogP contribution in [0.25, 0.3) is 0 Å². The summed E-state index contributed by atoms with van der Waals surface area (Å²) in [6, 6.07) is 9.34. The molecule has 25 heavy (non-hydrogen) atoms. The van der Waals surface area contributed by atoms with Gasteiger partial charge in [0.05, 0.1) is 24.8 Å². The summed E-state index contributed by atoms with van der Waals surface area (Å²) in [6.45, 7) is 4.74. The fraction of sp³-hybridized carbons (Fsp3) is 0.579. The van der Waals surface area contributed by atoms with Crippen LogP contribution in [0.5, 0.6) is 5.75 Å². The molecule has 2 fully saturated rings. The maximum absolute atomic E-state index is 12.8. The monoisotopic (exact) mass is 343 g/mol. The number of hydrogen-bond acceptors (Lipinski definition) is 5. The summed E-state index contributed by atoms with van der Waals surface area (Å²) in [5.41, 5.74) is 0.544. The molecule has 2 aliphatic rings. The van der Waals surface area contributed by atoms with Gasteiger partial charge in [0.2, 0.25) is 5.91 Å². The first kappa shape index (κ1) is 17.7. The average Bonchev–Trinajstić information content (AvgIpc) is 2.69. The van der Waals surface area contributed by atoms with E-state index in [0.29, 0.717) is 50.8 Å². The summed E-state index contributed by atoms with van der Waals surface area (Å²) < 4.78 is 11.1. The van der Waals surface area contributed by atoms with Gasteiger partial charge >= 0.3 is 0 Å². The van der Waals surface area contributed by atoms with Gasteiger partial charge in [-0.2, -0.15) is 5.26 Å². The van der Waals surface area contributed by atoms with Crippen LogP contribution in [0.1, 0.15) is 24.8 Å². The van der Waals surface area contributed by atoms with Gasteiger partial charge in [-0.25, -0.2) is 0 Å². The van der Waals surface area contributed by atoms with Gasteiger partial charge in [-0.05, 0) is 31.5 Å². The van der Waals surface area contributed by atoms with E-state index >= 15 is 0 Å². The molecule has 2 heterocycles. The normalized spacial score (nSPS) is 21.6. The van der Waals surface area contributed by atoms with Gasteiger partial charge in [0.25, 0.3) is 0 Å². The smallest absolute Gasteiger partial charge is 0.240 e. The Morgan fingerprint density at radius 1 is 1.24 bits per heavy atom. The quantitative estimate of drug-likeness (QED) is 0.813. The van der Waals surface area contributed by atoms with Crippen molar-refractivity contribution < 1.29 is 14.3 Å². The number of ether oxygens (including phenoxy) is 2. The number of hydrogen-bond donors (Lipinski definition) is 0. The largest absolute Gasteiger partial charge is 0.491 e. The number of para-hydroxylation sites is 1. The second kappa shape index (κ2) is 8.84. The van der Waals surface area contributed by atoms with Crippen molar-refractivity contribution in [3.8, 4) is 11.8 Å². The lowest BCUT2D eigenvalue weighted by Gasteiger charge is -2.38. The Morgan fingerprint density at radius 3 is 2.84 bits per heavy atom. The van der Waals surface area contributed by atoms with E-state index in [2.05, 4.69) is 11.0 Å². The van der Waals surface area contributed by atoms with Crippen LogP contribution in [0.2, 0.25) is 0 Å². The Morgan fingerprint density at radius 2 is 2.04 bits per heavy atom. The lowest BCUT2D eigenvalue weighted by Crippen LogP contribution is -2.54. The molecule has 0 N–H and O–H groups in total. The topological polar surface area (TPSA) is 65.8 Å². The molecule has 0 aliphatic carbocycles. The molecular formula is C19H25N3O3. The van der Waals surface area contributed by atoms with Crippen molar-refractivity contribution in [3.63, 3.8) is 0 Å². The lowest BCUT2D eigenvalue weighted by atomic mass is 10.0. The minimum absolute atomic E-state index is 0.0540. The highest BCUT2D eigenvalue weighted by Crippen LogP contribution is 2.20. The summed E-state index contributed by atoms with van der Waals surface area (Å²) in [7, 11) is 0. The third-order valence-corrected chi connectivity index (χ3v) is 4.87. The Balaban J connectivity index is 1.56. The number of amides is 1. The lowest BCUT2D eigenvalue weighted by molar-refractivity contribution is -0.142. The van der Waals surface area contributed by atoms with E-state index in [4.69, 9.17) is 14.7 Å². The molecule has 6 heteroatoms. The van der Waals surface area contributed by atoms with Crippen molar-refractivity contribution in [1.82, 2.24) is 9.80 Å². The first-order valence-electron chi connectivity index (χ1n) is 9.02. The zero-order valence-electron chi connectivity index (χ0n) is 14.5. The molecule has 0 saturated carbocycles. The van der Waals surface area contributed by atoms with Crippen molar-refractivity contribution in [1.29, 1.82) is 5.26 Å². The zero-order valence-corrected chi connectivity index (χ0v) is 14.5. The molecule has 1 aromatic carbocycles. The van der Waals surface area contributed by atoms with Gasteiger partial charge < -0.3 is 14.4 Å². The Bertz CT molecular complexity index is 623. The highest BCUT2D eigenvalue weighted by molar-refractivity contribution is 5.82. The van der Waals surface area contributed by atoms with Crippen LogP contribution in [0.15, 0.2) is 24.3 Å². The van der Waals surface area contributed by atoms with E-state index in [1.807, 2.05) is 23.1 Å². The van der Waals surface area contributed by atoms with E-state index in [-0.39, 0.29) is 11.9 Å². The Kier molecular flexibility index (Phi) is 6.26. The number of nitriles is 1. The highest BCUT2D eigenvalue weighted by Gasteiger charge is 2.32. The number of rotatable bonds is 5. The van der Waals surface area contributed by atoms with E-state index in [9.17, 15) is 4.79 Å². The predicted molar refractivity (Wildman–Crippen MR) is 93.3 cm³/mol. The number of carbonyl (C=O) groups is 1. The number of carbonyl (C=O) groups excluding carboxylic acids is 1. The average molecular weight is 343 g/mol. The van der Waals surface area contributed by atoms with Crippen LogP contribution >= 0.6 is 0 Å². The van der Waals surface area contributed by atoms with Crippen LogP contribution in [0.3, 0.4) is 0 Å². The van der Waals surface area contributed by atoms with E-state index in [0.717, 1.165) is 25.8 Å². The third kappa shape index (κ3) is 4.50. The predicted octanol–water partition coefficient (Wildman–Crippen LogP) is 1.65. The molecule has 2 saturated heterocycles. The number of nitrogens with zero attached hydrogens (tertiary/aromatic N) is 3. The number of piperidine rings is 1. The fourth-order valence-electron chi connectivity index (χ4n) is 3.49. The highest BCUT2D eigenvalue weighted by atomic mass is 16.5. The van der Waals surface area contributed by atoms with Crippen LogP contribution in [-0.2, 0) is 9.53 Å². The molecule has 1 amide bonds. The van der Waals surface area contributed by atoms with Gasteiger partial charge in [0, 0.05) is 19.6 Å². The number of likely N-dealkylation sites (tertiary alicyclic amines) is 1. The van der Waals surface area contributed by atoms with Crippen LogP contribution in [-0.4, -0.2) is 67.7 Å². The summed E-state index contributed by atoms with van der Waals surface area (Å²) in [4.78, 5) is 17.0. The van der Waals surface area contributed by atoms with Crippen LogP contribution in [0.4, 0.5) is 0 Å². The molecule has 6 nitrogen and oxygen atoms in total. The van der Waals surface area contributed by atoms with Crippen molar-refractivity contribution in [2.45, 2.75) is 25.3 Å². The summed E-state index contributed by atoms with van der Waals surface area (Å²) in [6.07, 6.45) is 3.11. The van der Waals surface area contributed by atoms with Gasteiger partial charge in [-0.15, -0.1) is 0 Å². The van der Waals surface area contributed by atoms with Gasteiger partial charge in [0.1, 0.15) is 18.4 Å². The maximum atomic E-state index is 12.8. The van der Waals surface area contributed by atoms with Crippen molar-refractivity contribution in [2.24, 2.45) is 0 Å². The molecule has 1 aromatic rings. The molecule has 0 bridgehead atoms.